The summed E-state index contributed by atoms with van der Waals surface area (Å²) in [7, 11) is 0. The van der Waals surface area contributed by atoms with Crippen molar-refractivity contribution >= 4 is 11.2 Å². The molecule has 0 unspecified atom stereocenters. The highest BCUT2D eigenvalue weighted by molar-refractivity contribution is 5.68. The summed E-state index contributed by atoms with van der Waals surface area (Å²) in [4.78, 5) is 9.28. The van der Waals surface area contributed by atoms with Crippen LogP contribution in [0.4, 0.5) is 0 Å². The van der Waals surface area contributed by atoms with Gasteiger partial charge in [-0.05, 0) is 40.5 Å². The third kappa shape index (κ3) is 3.29. The van der Waals surface area contributed by atoms with Crippen LogP contribution in [-0.2, 0) is 18.9 Å². The largest absolute Gasteiger partial charge is 0.396 e. The summed E-state index contributed by atoms with van der Waals surface area (Å²) in [5, 5.41) is 28.8. The molecule has 0 spiro atoms. The van der Waals surface area contributed by atoms with Crippen molar-refractivity contribution < 1.29 is 29.2 Å². The van der Waals surface area contributed by atoms with Crippen molar-refractivity contribution in [3.8, 4) is 0 Å². The first-order valence-electron chi connectivity index (χ1n) is 12.0. The number of aliphatic hydroxyl groups excluding tert-OH is 2. The van der Waals surface area contributed by atoms with Gasteiger partial charge in [-0.25, -0.2) is 9.97 Å². The Morgan fingerprint density at radius 2 is 1.29 bits per heavy atom. The maximum absolute atomic E-state index is 9.92. The lowest BCUT2D eigenvalue weighted by molar-refractivity contribution is -0.162. The van der Waals surface area contributed by atoms with Crippen LogP contribution in [-0.4, -0.2) is 78.5 Å². The lowest BCUT2D eigenvalue weighted by Gasteiger charge is -2.25. The van der Waals surface area contributed by atoms with Crippen LogP contribution in [0.1, 0.15) is 52.6 Å². The zero-order valence-corrected chi connectivity index (χ0v) is 19.9. The molecule has 0 bridgehead atoms. The molecule has 2 aliphatic heterocycles. The fourth-order valence-electron chi connectivity index (χ4n) is 6.46. The van der Waals surface area contributed by atoms with Gasteiger partial charge in [0.2, 0.25) is 0 Å². The van der Waals surface area contributed by atoms with Gasteiger partial charge in [0.05, 0.1) is 36.9 Å². The highest BCUT2D eigenvalue weighted by Crippen LogP contribution is 2.48. The molecule has 2 aliphatic carbocycles. The maximum atomic E-state index is 9.92. The Morgan fingerprint density at radius 1 is 0.824 bits per heavy atom. The molecule has 0 amide bonds. The minimum Gasteiger partial charge on any atom is -0.396 e. The monoisotopic (exact) mass is 475 g/mol. The molecule has 2 saturated heterocycles. The third-order valence-electron chi connectivity index (χ3n) is 7.84. The predicted molar refractivity (Wildman–Crippen MR) is 117 cm³/mol. The molecule has 6 rings (SSSR count). The minimum absolute atomic E-state index is 0.00395. The van der Waals surface area contributed by atoms with Gasteiger partial charge in [0, 0.05) is 25.0 Å². The van der Waals surface area contributed by atoms with Gasteiger partial charge in [-0.2, -0.15) is 0 Å². The van der Waals surface area contributed by atoms with E-state index < -0.39 is 11.6 Å². The van der Waals surface area contributed by atoms with Gasteiger partial charge in [-0.1, -0.05) is 0 Å². The summed E-state index contributed by atoms with van der Waals surface area (Å²) in [6, 6.07) is -0.279. The Morgan fingerprint density at radius 3 is 1.82 bits per heavy atom. The summed E-state index contributed by atoms with van der Waals surface area (Å²) in [6.45, 7) is 7.54. The van der Waals surface area contributed by atoms with E-state index >= 15 is 0 Å². The van der Waals surface area contributed by atoms with Gasteiger partial charge < -0.3 is 38.3 Å². The van der Waals surface area contributed by atoms with Crippen molar-refractivity contribution in [3.63, 3.8) is 0 Å². The smallest absolute Gasteiger partial charge is 0.165 e. The van der Waals surface area contributed by atoms with Gasteiger partial charge in [0.1, 0.15) is 17.7 Å². The molecular weight excluding hydrogens is 442 g/mol. The van der Waals surface area contributed by atoms with E-state index in [-0.39, 0.29) is 67.0 Å². The van der Waals surface area contributed by atoms with Crippen molar-refractivity contribution in [2.24, 2.45) is 11.8 Å². The summed E-state index contributed by atoms with van der Waals surface area (Å²) in [5.41, 5.74) is 1.34. The molecule has 0 aromatic carbocycles. The Bertz CT molecular complexity index is 1160. The van der Waals surface area contributed by atoms with Gasteiger partial charge >= 0.3 is 0 Å². The van der Waals surface area contributed by atoms with E-state index in [1.807, 2.05) is 32.3 Å². The first-order chi connectivity index (χ1) is 16.1. The molecule has 3 N–H and O–H groups in total. The fraction of sp³-hybridized carbons (Fsp3) is 0.783. The van der Waals surface area contributed by atoms with E-state index in [1.54, 1.807) is 17.2 Å². The number of nitrogens with zero attached hydrogens (tertiary/aromatic N) is 4. The molecule has 4 fully saturated rings. The summed E-state index contributed by atoms with van der Waals surface area (Å²) in [5.74, 6) is -1.55. The van der Waals surface area contributed by atoms with E-state index in [0.717, 1.165) is 0 Å². The zero-order chi connectivity index (χ0) is 24.0. The van der Waals surface area contributed by atoms with Gasteiger partial charge in [-0.3, -0.25) is 5.41 Å². The lowest BCUT2D eigenvalue weighted by Crippen LogP contribution is -2.34. The molecule has 0 radical (unpaired) electrons. The van der Waals surface area contributed by atoms with Crippen molar-refractivity contribution in [1.82, 2.24) is 19.1 Å². The van der Waals surface area contributed by atoms with Gasteiger partial charge in [0.25, 0.3) is 0 Å². The van der Waals surface area contributed by atoms with Gasteiger partial charge in [-0.15, -0.1) is 0 Å². The minimum atomic E-state index is -0.733. The van der Waals surface area contributed by atoms with Crippen molar-refractivity contribution in [2.45, 2.75) is 88.6 Å². The van der Waals surface area contributed by atoms with Crippen LogP contribution in [0, 0.1) is 17.2 Å². The standard InChI is InChI=1S/C23H33N5O6/c1-22(2)31-16-11(7-29)5-13(18(16)33-22)27-10-26-21-15(20(27)24)25-9-28(21)14-6-12(8-30)17-19(14)34-23(3,4)32-17/h9-14,16-19,24,29-30H,5-8H2,1-4H3/t11-,12-,13-,14-,16-,17-,18+,19+/m1/s1. The third-order valence-corrected chi connectivity index (χ3v) is 7.84. The maximum Gasteiger partial charge on any atom is 0.165 e. The normalized spacial score (nSPS) is 40.2. The quantitative estimate of drug-likeness (QED) is 0.592. The van der Waals surface area contributed by atoms with Crippen LogP contribution in [0.25, 0.3) is 11.2 Å². The lowest BCUT2D eigenvalue weighted by atomic mass is 10.1. The number of ether oxygens (including phenoxy) is 4. The molecule has 11 nitrogen and oxygen atoms in total. The Balaban J connectivity index is 1.35. The number of rotatable bonds is 4. The molecule has 4 aliphatic rings. The van der Waals surface area contributed by atoms with Crippen LogP contribution in [0.5, 0.6) is 0 Å². The molecule has 4 heterocycles. The molecule has 2 aromatic rings. The van der Waals surface area contributed by atoms with E-state index in [0.29, 0.717) is 24.0 Å². The summed E-state index contributed by atoms with van der Waals surface area (Å²) < 4.78 is 28.3. The topological polar surface area (TPSA) is 137 Å². The zero-order valence-electron chi connectivity index (χ0n) is 19.9. The SMILES string of the molecule is CC1(C)O[C@@H]2[C@@H](CO)C[C@@H](n3cnc4c(ncn4[C@@H]4C[C@H](CO)[C@H]5OC(C)(C)O[C@H]54)c3=N)[C@@H]2O1. The van der Waals surface area contributed by atoms with E-state index in [2.05, 4.69) is 4.98 Å². The van der Waals surface area contributed by atoms with Crippen LogP contribution in [0.2, 0.25) is 0 Å². The molecule has 11 heteroatoms. The highest BCUT2D eigenvalue weighted by Gasteiger charge is 2.56. The Kier molecular flexibility index (Phi) is 5.01. The first kappa shape index (κ1) is 22.6. The Hall–Kier alpha value is -1.89. The summed E-state index contributed by atoms with van der Waals surface area (Å²) in [6.07, 6.45) is 3.79. The number of aromatic nitrogens is 4. The predicted octanol–water partition coefficient (Wildman–Crippen LogP) is 0.859. The average molecular weight is 476 g/mol. The fourth-order valence-corrected chi connectivity index (χ4v) is 6.46. The van der Waals surface area contributed by atoms with Crippen molar-refractivity contribution in [2.75, 3.05) is 13.2 Å². The number of hydrogen-bond acceptors (Lipinski definition) is 9. The van der Waals surface area contributed by atoms with E-state index in [9.17, 15) is 10.2 Å². The molecule has 2 aromatic heterocycles. The number of aliphatic hydroxyl groups is 2. The van der Waals surface area contributed by atoms with E-state index in [1.165, 1.54) is 0 Å². The van der Waals surface area contributed by atoms with Gasteiger partial charge in [0.15, 0.2) is 22.7 Å². The number of nitrogens with one attached hydrogen (secondary N) is 1. The van der Waals surface area contributed by atoms with Crippen molar-refractivity contribution in [3.05, 3.63) is 18.1 Å². The van der Waals surface area contributed by atoms with Crippen LogP contribution >= 0.6 is 0 Å². The molecule has 34 heavy (non-hydrogen) atoms. The second-order valence-corrected chi connectivity index (χ2v) is 10.9. The number of fused-ring (bicyclic) bond motifs is 3. The van der Waals surface area contributed by atoms with E-state index in [4.69, 9.17) is 29.3 Å². The second kappa shape index (κ2) is 7.55. The number of imidazole rings is 1. The molecule has 8 atom stereocenters. The van der Waals surface area contributed by atoms with Crippen LogP contribution in [0.15, 0.2) is 12.7 Å². The van der Waals surface area contributed by atoms with Crippen molar-refractivity contribution in [1.29, 1.82) is 5.41 Å². The van der Waals surface area contributed by atoms with Crippen LogP contribution in [0.3, 0.4) is 0 Å². The molecule has 186 valence electrons. The highest BCUT2D eigenvalue weighted by atomic mass is 16.8. The second-order valence-electron chi connectivity index (χ2n) is 10.9. The summed E-state index contributed by atoms with van der Waals surface area (Å²) >= 11 is 0. The first-order valence-corrected chi connectivity index (χ1v) is 12.0. The molecular formula is C23H33N5O6. The molecule has 2 saturated carbocycles. The average Bonchev–Trinajstić information content (AvgIpc) is 3.54. The van der Waals surface area contributed by atoms with Crippen LogP contribution < -0.4 is 5.49 Å². The number of hydrogen-bond donors (Lipinski definition) is 3. The Labute approximate surface area is 197 Å².